The van der Waals surface area contributed by atoms with Crippen molar-refractivity contribution in [1.29, 1.82) is 0 Å². The van der Waals surface area contributed by atoms with Gasteiger partial charge in [-0.25, -0.2) is 0 Å². The lowest BCUT2D eigenvalue weighted by molar-refractivity contribution is 0.254. The smallest absolute Gasteiger partial charge is 0.171 e. The highest BCUT2D eigenvalue weighted by atomic mass is 16.5. The van der Waals surface area contributed by atoms with Gasteiger partial charge in [-0.05, 0) is 37.6 Å². The molecule has 5 nitrogen and oxygen atoms in total. The lowest BCUT2D eigenvalue weighted by atomic mass is 10.00. The van der Waals surface area contributed by atoms with Crippen LogP contribution >= 0.6 is 0 Å². The van der Waals surface area contributed by atoms with Gasteiger partial charge in [0.25, 0.3) is 0 Å². The maximum Gasteiger partial charge on any atom is 0.171 e. The Kier molecular flexibility index (Phi) is 5.86. The molecule has 2 aromatic carbocycles. The van der Waals surface area contributed by atoms with Gasteiger partial charge in [0.05, 0.1) is 7.11 Å². The average molecular weight is 392 g/mol. The van der Waals surface area contributed by atoms with E-state index in [9.17, 15) is 0 Å². The van der Waals surface area contributed by atoms with Gasteiger partial charge in [0.15, 0.2) is 11.5 Å². The van der Waals surface area contributed by atoms with Crippen molar-refractivity contribution >= 4 is 0 Å². The van der Waals surface area contributed by atoms with Gasteiger partial charge in [-0.15, -0.1) is 0 Å². The molecule has 0 atom stereocenters. The van der Waals surface area contributed by atoms with Crippen LogP contribution in [0.15, 0.2) is 42.5 Å². The van der Waals surface area contributed by atoms with Crippen molar-refractivity contribution in [2.45, 2.75) is 39.8 Å². The number of para-hydroxylation sites is 1. The number of hydrogen-bond donors (Lipinski definition) is 1. The lowest BCUT2D eigenvalue weighted by Gasteiger charge is -2.26. The average Bonchev–Trinajstić information content (AvgIpc) is 3.15. The molecule has 0 bridgehead atoms. The normalized spacial score (nSPS) is 13.9. The number of aromatic amines is 1. The van der Waals surface area contributed by atoms with Crippen molar-refractivity contribution in [2.24, 2.45) is 0 Å². The predicted molar refractivity (Wildman–Crippen MR) is 115 cm³/mol. The highest BCUT2D eigenvalue weighted by molar-refractivity contribution is 5.74. The third kappa shape index (κ3) is 4.15. The Bertz CT molecular complexity index is 980. The van der Waals surface area contributed by atoms with Crippen LogP contribution in [0.5, 0.6) is 11.5 Å². The maximum absolute atomic E-state index is 6.30. The van der Waals surface area contributed by atoms with Gasteiger partial charge in [0.1, 0.15) is 12.3 Å². The Morgan fingerprint density at radius 3 is 2.83 bits per heavy atom. The van der Waals surface area contributed by atoms with Crippen LogP contribution in [0.3, 0.4) is 0 Å². The topological polar surface area (TPSA) is 50.4 Å². The molecule has 1 N–H and O–H groups in total. The van der Waals surface area contributed by atoms with E-state index < -0.39 is 0 Å². The second-order valence-electron chi connectivity index (χ2n) is 7.67. The van der Waals surface area contributed by atoms with Crippen LogP contribution in [0.2, 0.25) is 0 Å². The van der Waals surface area contributed by atoms with Crippen molar-refractivity contribution in [3.63, 3.8) is 0 Å². The number of aryl methyl sites for hydroxylation is 1. The number of ether oxygens (including phenoxy) is 2. The first-order chi connectivity index (χ1) is 14.2. The number of H-pyrrole nitrogens is 1. The third-order valence-corrected chi connectivity index (χ3v) is 5.47. The molecule has 0 aliphatic carbocycles. The summed E-state index contributed by atoms with van der Waals surface area (Å²) >= 11 is 0. The predicted octanol–water partition coefficient (Wildman–Crippen LogP) is 4.74. The van der Waals surface area contributed by atoms with E-state index in [4.69, 9.17) is 9.47 Å². The molecule has 0 unspecified atom stereocenters. The number of nitrogens with zero attached hydrogens (tertiary/aromatic N) is 2. The quantitative estimate of drug-likeness (QED) is 0.632. The second-order valence-corrected chi connectivity index (χ2v) is 7.67. The fourth-order valence-electron chi connectivity index (χ4n) is 4.05. The van der Waals surface area contributed by atoms with Crippen LogP contribution in [0, 0.1) is 6.92 Å². The number of benzene rings is 2. The fourth-order valence-corrected chi connectivity index (χ4v) is 4.05. The number of rotatable bonds is 7. The summed E-state index contributed by atoms with van der Waals surface area (Å²) in [6.45, 7) is 7.92. The van der Waals surface area contributed by atoms with Gasteiger partial charge in [-0.1, -0.05) is 42.8 Å². The largest absolute Gasteiger partial charge is 0.493 e. The molecule has 5 heteroatoms. The van der Waals surface area contributed by atoms with Crippen LogP contribution < -0.4 is 9.47 Å². The van der Waals surface area contributed by atoms with E-state index in [-0.39, 0.29) is 0 Å². The Balaban J connectivity index is 1.67. The van der Waals surface area contributed by atoms with Gasteiger partial charge in [-0.3, -0.25) is 10.00 Å². The minimum absolute atomic E-state index is 0.490. The van der Waals surface area contributed by atoms with Crippen molar-refractivity contribution in [1.82, 2.24) is 15.1 Å². The molecule has 0 fully saturated rings. The molecule has 3 aromatic rings. The number of methoxy groups -OCH3 is 1. The number of nitrogens with one attached hydrogen (secondary N) is 1. The summed E-state index contributed by atoms with van der Waals surface area (Å²) in [5.74, 6) is 1.48. The van der Waals surface area contributed by atoms with Gasteiger partial charge in [-0.2, -0.15) is 5.10 Å². The zero-order chi connectivity index (χ0) is 20.2. The first-order valence-electron chi connectivity index (χ1n) is 10.3. The second kappa shape index (κ2) is 8.70. The summed E-state index contributed by atoms with van der Waals surface area (Å²) < 4.78 is 11.9. The Hall–Kier alpha value is -2.79. The Labute approximate surface area is 172 Å². The summed E-state index contributed by atoms with van der Waals surface area (Å²) in [6, 6.07) is 14.4. The molecule has 1 aliphatic heterocycles. The lowest BCUT2D eigenvalue weighted by Crippen LogP contribution is -2.31. The van der Waals surface area contributed by atoms with Crippen molar-refractivity contribution < 1.29 is 9.47 Å². The highest BCUT2D eigenvalue weighted by Crippen LogP contribution is 2.40. The number of aromatic nitrogens is 2. The zero-order valence-electron chi connectivity index (χ0n) is 17.5. The summed E-state index contributed by atoms with van der Waals surface area (Å²) in [7, 11) is 1.68. The fraction of sp³-hybridized carbons (Fsp3) is 0.375. The molecule has 29 heavy (non-hydrogen) atoms. The van der Waals surface area contributed by atoms with Gasteiger partial charge < -0.3 is 9.47 Å². The van der Waals surface area contributed by atoms with Crippen LogP contribution in [-0.2, 0) is 19.6 Å². The molecule has 4 rings (SSSR count). The molecule has 2 heterocycles. The van der Waals surface area contributed by atoms with E-state index >= 15 is 0 Å². The van der Waals surface area contributed by atoms with Gasteiger partial charge in [0, 0.05) is 36.3 Å². The Morgan fingerprint density at radius 2 is 2.03 bits per heavy atom. The molecule has 1 aliphatic rings. The molecule has 0 saturated heterocycles. The van der Waals surface area contributed by atoms with E-state index in [1.54, 1.807) is 7.11 Å². The van der Waals surface area contributed by atoms with E-state index in [1.807, 2.05) is 12.1 Å². The van der Waals surface area contributed by atoms with E-state index in [0.29, 0.717) is 6.61 Å². The first kappa shape index (κ1) is 19.5. The standard InChI is InChI=1S/C24H29N3O2/c1-4-12-27-13-11-21-20(15-27)23(26-25-21)19-9-6-10-22(28-3)24(19)29-16-18-8-5-7-17(2)14-18/h5-10,14H,4,11-13,15-16H2,1-3H3,(H,25,26). The van der Waals surface area contributed by atoms with Crippen molar-refractivity contribution in [2.75, 3.05) is 20.2 Å². The third-order valence-electron chi connectivity index (χ3n) is 5.47. The molecular formula is C24H29N3O2. The number of fused-ring (bicyclic) bond motifs is 1. The Morgan fingerprint density at radius 1 is 1.17 bits per heavy atom. The molecule has 0 radical (unpaired) electrons. The van der Waals surface area contributed by atoms with Crippen LogP contribution in [-0.4, -0.2) is 35.3 Å². The first-order valence-corrected chi connectivity index (χ1v) is 10.3. The number of hydrogen-bond acceptors (Lipinski definition) is 4. The highest BCUT2D eigenvalue weighted by Gasteiger charge is 2.25. The molecule has 0 amide bonds. The van der Waals surface area contributed by atoms with Crippen LogP contribution in [0.1, 0.15) is 35.7 Å². The summed E-state index contributed by atoms with van der Waals surface area (Å²) in [4.78, 5) is 2.49. The van der Waals surface area contributed by atoms with Crippen LogP contribution in [0.4, 0.5) is 0 Å². The molecular weight excluding hydrogens is 362 g/mol. The monoisotopic (exact) mass is 391 g/mol. The summed E-state index contributed by atoms with van der Waals surface area (Å²) in [5.41, 5.74) is 6.83. The molecule has 152 valence electrons. The zero-order valence-corrected chi connectivity index (χ0v) is 17.5. The maximum atomic E-state index is 6.30. The molecule has 0 saturated carbocycles. The van der Waals surface area contributed by atoms with Crippen LogP contribution in [0.25, 0.3) is 11.3 Å². The van der Waals surface area contributed by atoms with E-state index in [1.165, 1.54) is 16.8 Å². The molecule has 0 spiro atoms. The van der Waals surface area contributed by atoms with Gasteiger partial charge in [0.2, 0.25) is 0 Å². The molecule has 1 aromatic heterocycles. The van der Waals surface area contributed by atoms with E-state index in [0.717, 1.165) is 60.8 Å². The van der Waals surface area contributed by atoms with Crippen molar-refractivity contribution in [3.05, 3.63) is 64.8 Å². The minimum atomic E-state index is 0.490. The SMILES string of the molecule is CCCN1CCc2[nH]nc(-c3cccc(OC)c3OCc3cccc(C)c3)c2C1. The van der Waals surface area contributed by atoms with E-state index in [2.05, 4.69) is 59.3 Å². The summed E-state index contributed by atoms with van der Waals surface area (Å²) in [5, 5.41) is 7.94. The van der Waals surface area contributed by atoms with Gasteiger partial charge >= 0.3 is 0 Å². The van der Waals surface area contributed by atoms with Crippen molar-refractivity contribution in [3.8, 4) is 22.8 Å². The minimum Gasteiger partial charge on any atom is -0.493 e. The summed E-state index contributed by atoms with van der Waals surface area (Å²) in [6.07, 6.45) is 2.16.